The van der Waals surface area contributed by atoms with E-state index in [2.05, 4.69) is 0 Å². The second-order valence-corrected chi connectivity index (χ2v) is 5.81. The standard InChI is InChI=1S/C21H15FO5/c1-13(23)14-5-7-15(8-6-14)19-9-10-20(27-19)21(25)26-12-18(24)16-3-2-4-17(22)11-16/h2-11H,12H2,1H3. The molecule has 0 radical (unpaired) electrons. The van der Waals surface area contributed by atoms with E-state index >= 15 is 0 Å². The van der Waals surface area contributed by atoms with Gasteiger partial charge in [0.1, 0.15) is 11.6 Å². The quantitative estimate of drug-likeness (QED) is 0.480. The smallest absolute Gasteiger partial charge is 0.374 e. The summed E-state index contributed by atoms with van der Waals surface area (Å²) in [4.78, 5) is 35.3. The Morgan fingerprint density at radius 2 is 1.70 bits per heavy atom. The molecule has 0 amide bonds. The van der Waals surface area contributed by atoms with E-state index in [4.69, 9.17) is 9.15 Å². The first-order valence-corrected chi connectivity index (χ1v) is 8.11. The second-order valence-electron chi connectivity index (χ2n) is 5.81. The Morgan fingerprint density at radius 1 is 0.963 bits per heavy atom. The molecule has 0 atom stereocenters. The van der Waals surface area contributed by atoms with Crippen LogP contribution in [0.15, 0.2) is 65.1 Å². The number of hydrogen-bond donors (Lipinski definition) is 0. The zero-order valence-electron chi connectivity index (χ0n) is 14.4. The summed E-state index contributed by atoms with van der Waals surface area (Å²) in [6, 6.07) is 14.9. The van der Waals surface area contributed by atoms with Crippen LogP contribution in [0.2, 0.25) is 0 Å². The maximum Gasteiger partial charge on any atom is 0.374 e. The molecule has 3 aromatic rings. The van der Waals surface area contributed by atoms with Crippen LogP contribution in [0.1, 0.15) is 38.2 Å². The molecule has 0 saturated heterocycles. The van der Waals surface area contributed by atoms with Crippen molar-refractivity contribution in [2.24, 2.45) is 0 Å². The van der Waals surface area contributed by atoms with Crippen LogP contribution in [-0.2, 0) is 4.74 Å². The summed E-state index contributed by atoms with van der Waals surface area (Å²) in [7, 11) is 0. The van der Waals surface area contributed by atoms with Crippen molar-refractivity contribution < 1.29 is 27.9 Å². The van der Waals surface area contributed by atoms with Crippen LogP contribution in [0.3, 0.4) is 0 Å². The first kappa shape index (κ1) is 18.3. The van der Waals surface area contributed by atoms with Crippen LogP contribution >= 0.6 is 0 Å². The first-order valence-electron chi connectivity index (χ1n) is 8.11. The lowest BCUT2D eigenvalue weighted by Crippen LogP contribution is -2.14. The molecule has 0 fully saturated rings. The lowest BCUT2D eigenvalue weighted by atomic mass is 10.1. The van der Waals surface area contributed by atoms with E-state index in [0.29, 0.717) is 16.9 Å². The molecular weight excluding hydrogens is 351 g/mol. The fourth-order valence-corrected chi connectivity index (χ4v) is 2.42. The van der Waals surface area contributed by atoms with E-state index < -0.39 is 24.2 Å². The van der Waals surface area contributed by atoms with E-state index in [1.54, 1.807) is 30.3 Å². The molecule has 1 aromatic heterocycles. The minimum absolute atomic E-state index is 0.0479. The van der Waals surface area contributed by atoms with Gasteiger partial charge < -0.3 is 9.15 Å². The Kier molecular flexibility index (Phi) is 5.26. The third-order valence-electron chi connectivity index (χ3n) is 3.86. The third-order valence-corrected chi connectivity index (χ3v) is 3.86. The zero-order valence-corrected chi connectivity index (χ0v) is 14.4. The van der Waals surface area contributed by atoms with Gasteiger partial charge in [0.05, 0.1) is 0 Å². The molecule has 0 aliphatic heterocycles. The molecular formula is C21H15FO5. The van der Waals surface area contributed by atoms with Crippen molar-refractivity contribution in [3.63, 3.8) is 0 Å². The molecule has 0 saturated carbocycles. The Hall–Kier alpha value is -3.54. The summed E-state index contributed by atoms with van der Waals surface area (Å²) in [5.74, 6) is -1.55. The number of Topliss-reactive ketones (excluding diaryl/α,β-unsaturated/α-hetero) is 2. The van der Waals surface area contributed by atoms with E-state index in [1.165, 1.54) is 31.2 Å². The average molecular weight is 366 g/mol. The van der Waals surface area contributed by atoms with Gasteiger partial charge in [0.2, 0.25) is 5.76 Å². The van der Waals surface area contributed by atoms with Gasteiger partial charge in [-0.3, -0.25) is 9.59 Å². The highest BCUT2D eigenvalue weighted by Gasteiger charge is 2.16. The van der Waals surface area contributed by atoms with E-state index in [-0.39, 0.29) is 17.1 Å². The number of ether oxygens (including phenoxy) is 1. The largest absolute Gasteiger partial charge is 0.451 e. The van der Waals surface area contributed by atoms with E-state index in [9.17, 15) is 18.8 Å². The van der Waals surface area contributed by atoms with Gasteiger partial charge >= 0.3 is 5.97 Å². The van der Waals surface area contributed by atoms with Crippen molar-refractivity contribution in [1.29, 1.82) is 0 Å². The normalized spacial score (nSPS) is 10.4. The zero-order chi connectivity index (χ0) is 19.4. The van der Waals surface area contributed by atoms with Gasteiger partial charge in [-0.1, -0.05) is 36.4 Å². The highest BCUT2D eigenvalue weighted by molar-refractivity contribution is 5.99. The highest BCUT2D eigenvalue weighted by Crippen LogP contribution is 2.23. The number of benzene rings is 2. The van der Waals surface area contributed by atoms with Crippen molar-refractivity contribution in [1.82, 2.24) is 0 Å². The summed E-state index contributed by atoms with van der Waals surface area (Å²) in [5, 5.41) is 0. The highest BCUT2D eigenvalue weighted by atomic mass is 19.1. The van der Waals surface area contributed by atoms with Gasteiger partial charge in [0, 0.05) is 16.7 Å². The number of rotatable bonds is 6. The van der Waals surface area contributed by atoms with Gasteiger partial charge in [0.15, 0.2) is 18.2 Å². The molecule has 0 unspecified atom stereocenters. The van der Waals surface area contributed by atoms with E-state index in [0.717, 1.165) is 6.07 Å². The van der Waals surface area contributed by atoms with Crippen LogP contribution in [0.25, 0.3) is 11.3 Å². The van der Waals surface area contributed by atoms with Crippen molar-refractivity contribution >= 4 is 17.5 Å². The molecule has 5 nitrogen and oxygen atoms in total. The fraction of sp³-hybridized carbons (Fsp3) is 0.0952. The Morgan fingerprint density at radius 3 is 2.37 bits per heavy atom. The number of esters is 1. The van der Waals surface area contributed by atoms with Crippen molar-refractivity contribution in [2.75, 3.05) is 6.61 Å². The molecule has 27 heavy (non-hydrogen) atoms. The number of hydrogen-bond acceptors (Lipinski definition) is 5. The topological polar surface area (TPSA) is 73.6 Å². The molecule has 0 N–H and O–H groups in total. The van der Waals surface area contributed by atoms with Crippen molar-refractivity contribution in [2.45, 2.75) is 6.92 Å². The summed E-state index contributed by atoms with van der Waals surface area (Å²) in [6.45, 7) is 0.951. The Balaban J connectivity index is 1.64. The summed E-state index contributed by atoms with van der Waals surface area (Å²) in [6.07, 6.45) is 0. The van der Waals surface area contributed by atoms with Gasteiger partial charge in [-0.25, -0.2) is 9.18 Å². The number of carbonyl (C=O) groups excluding carboxylic acids is 3. The maximum absolute atomic E-state index is 13.1. The molecule has 136 valence electrons. The van der Waals surface area contributed by atoms with Crippen molar-refractivity contribution in [3.8, 4) is 11.3 Å². The van der Waals surface area contributed by atoms with Crippen LogP contribution in [-0.4, -0.2) is 24.1 Å². The van der Waals surface area contributed by atoms with Gasteiger partial charge in [0.25, 0.3) is 0 Å². The number of halogens is 1. The van der Waals surface area contributed by atoms with Crippen molar-refractivity contribution in [3.05, 3.63) is 83.4 Å². The minimum Gasteiger partial charge on any atom is -0.451 e. The summed E-state index contributed by atoms with van der Waals surface area (Å²) < 4.78 is 23.5. The first-order chi connectivity index (χ1) is 12.9. The molecule has 6 heteroatoms. The molecule has 3 rings (SSSR count). The third kappa shape index (κ3) is 4.36. The number of carbonyl (C=O) groups is 3. The predicted octanol–water partition coefficient (Wildman–Crippen LogP) is 4.33. The minimum atomic E-state index is -0.800. The summed E-state index contributed by atoms with van der Waals surface area (Å²) in [5.41, 5.74) is 1.38. The van der Waals surface area contributed by atoms with Crippen LogP contribution in [0.5, 0.6) is 0 Å². The Bertz CT molecular complexity index is 1000. The van der Waals surface area contributed by atoms with E-state index in [1.807, 2.05) is 0 Å². The van der Waals surface area contributed by atoms with Gasteiger partial charge in [-0.05, 0) is 31.2 Å². The Labute approximate surface area is 154 Å². The molecule has 1 heterocycles. The lowest BCUT2D eigenvalue weighted by molar-refractivity contribution is 0.0445. The maximum atomic E-state index is 13.1. The van der Waals surface area contributed by atoms with Crippen LogP contribution < -0.4 is 0 Å². The lowest BCUT2D eigenvalue weighted by Gasteiger charge is -2.03. The SMILES string of the molecule is CC(=O)c1ccc(-c2ccc(C(=O)OCC(=O)c3cccc(F)c3)o2)cc1. The molecule has 0 spiro atoms. The van der Waals surface area contributed by atoms with Crippen LogP contribution in [0.4, 0.5) is 4.39 Å². The predicted molar refractivity (Wildman–Crippen MR) is 95.2 cm³/mol. The molecule has 0 aliphatic rings. The number of furan rings is 1. The average Bonchev–Trinajstić information content (AvgIpc) is 3.16. The molecule has 0 aliphatic carbocycles. The van der Waals surface area contributed by atoms with Gasteiger partial charge in [-0.2, -0.15) is 0 Å². The number of ketones is 2. The van der Waals surface area contributed by atoms with Gasteiger partial charge in [-0.15, -0.1) is 0 Å². The van der Waals surface area contributed by atoms with Crippen LogP contribution in [0, 0.1) is 5.82 Å². The second kappa shape index (κ2) is 7.78. The fourth-order valence-electron chi connectivity index (χ4n) is 2.42. The molecule has 0 bridgehead atoms. The summed E-state index contributed by atoms with van der Waals surface area (Å²) >= 11 is 0. The molecule has 2 aromatic carbocycles. The monoisotopic (exact) mass is 366 g/mol.